The van der Waals surface area contributed by atoms with E-state index in [1.807, 2.05) is 0 Å². The van der Waals surface area contributed by atoms with Gasteiger partial charge in [0.05, 0.1) is 8.07 Å². The Hall–Kier alpha value is -2.81. The van der Waals surface area contributed by atoms with E-state index >= 15 is 0 Å². The largest absolute Gasteiger partial charge is 4.00 e. The van der Waals surface area contributed by atoms with Gasteiger partial charge in [0.1, 0.15) is 0 Å². The molecule has 45 heavy (non-hydrogen) atoms. The van der Waals surface area contributed by atoms with Crippen molar-refractivity contribution in [1.29, 1.82) is 0 Å². The van der Waals surface area contributed by atoms with E-state index in [-0.39, 0.29) is 40.7 Å². The van der Waals surface area contributed by atoms with Crippen LogP contribution in [0, 0.1) is 42.5 Å². The van der Waals surface area contributed by atoms with Gasteiger partial charge < -0.3 is 14.9 Å². The van der Waals surface area contributed by atoms with Gasteiger partial charge in [0.25, 0.3) is 0 Å². The molecule has 230 valence electrons. The Balaban J connectivity index is 0.00000184. The molecule has 0 bridgehead atoms. The molecule has 0 radical (unpaired) electrons. The fraction of sp³-hybridized carbons (Fsp3) is 0.256. The van der Waals surface area contributed by atoms with Crippen LogP contribution in [0.2, 0.25) is 12.6 Å². The molecule has 0 unspecified atom stereocenters. The van der Waals surface area contributed by atoms with Crippen molar-refractivity contribution in [3.8, 4) is 22.3 Å². The van der Waals surface area contributed by atoms with E-state index in [1.54, 1.807) is 10.4 Å². The molecule has 0 atom stereocenters. The summed E-state index contributed by atoms with van der Waals surface area (Å²) in [6, 6.07) is 38.7. The molecular formula is C43H50HfSi. The Bertz CT molecular complexity index is 1750. The quantitative estimate of drug-likeness (QED) is 0.0780. The first-order valence-electron chi connectivity index (χ1n) is 15.8. The first kappa shape index (κ1) is 36.7. The van der Waals surface area contributed by atoms with E-state index in [1.165, 1.54) is 97.8 Å². The fourth-order valence-corrected chi connectivity index (χ4v) is 10.8. The standard InChI is InChI=1S/C41H44Si.2CH3.Hf/c1-7-8-9-10-23-42(6,34-24-32-17-13-21-38(40(32)26-34)36-19-11-15-28(2)30(36)4)35-25-33-18-14-22-39(41(33)27-35)37-20-12-16-29(3)31(37)5;;;/h11-22,24-27H,7-10,23H2,1-6H3;2*1H3;/q-2;2*-1;+4. The van der Waals surface area contributed by atoms with Crippen molar-refractivity contribution in [2.75, 3.05) is 0 Å². The molecule has 0 aliphatic carbocycles. The summed E-state index contributed by atoms with van der Waals surface area (Å²) in [4.78, 5) is 0. The second-order valence-corrected chi connectivity index (χ2v) is 17.1. The summed E-state index contributed by atoms with van der Waals surface area (Å²) >= 11 is 0. The molecule has 0 fully saturated rings. The van der Waals surface area contributed by atoms with Crippen LogP contribution in [0.1, 0.15) is 54.9 Å². The minimum atomic E-state index is -2.01. The molecular weight excluding hydrogens is 723 g/mol. The van der Waals surface area contributed by atoms with Crippen LogP contribution in [0.5, 0.6) is 0 Å². The Morgan fingerprint density at radius 3 is 1.42 bits per heavy atom. The molecule has 6 aromatic rings. The summed E-state index contributed by atoms with van der Waals surface area (Å²) < 4.78 is 0. The SMILES string of the molecule is CCCCCC[Si](C)(c1cc2c(-c3cccc(C)c3C)cccc2[cH-]1)c1cc2c(-c3cccc(C)c3C)cccc2[cH-]1.[CH3-].[CH3-].[Hf+4]. The number of rotatable bonds is 9. The first-order valence-corrected chi connectivity index (χ1v) is 18.6. The van der Waals surface area contributed by atoms with Gasteiger partial charge in [0, 0.05) is 0 Å². The summed E-state index contributed by atoms with van der Waals surface area (Å²) in [6.45, 7) is 13.9. The van der Waals surface area contributed by atoms with Gasteiger partial charge in [-0.15, -0.1) is 68.3 Å². The van der Waals surface area contributed by atoms with Gasteiger partial charge in [-0.2, -0.15) is 12.1 Å². The smallest absolute Gasteiger partial charge is 0.358 e. The third kappa shape index (κ3) is 6.84. The maximum absolute atomic E-state index is 2.64. The van der Waals surface area contributed by atoms with Gasteiger partial charge in [0.2, 0.25) is 0 Å². The summed E-state index contributed by atoms with van der Waals surface area (Å²) in [6.07, 6.45) is 5.22. The normalized spacial score (nSPS) is 11.2. The van der Waals surface area contributed by atoms with E-state index in [0.29, 0.717) is 0 Å². The predicted octanol–water partition coefficient (Wildman–Crippen LogP) is 11.7. The number of unbranched alkanes of at least 4 members (excludes halogenated alkanes) is 3. The third-order valence-electron chi connectivity index (χ3n) is 10.1. The van der Waals surface area contributed by atoms with Crippen molar-refractivity contribution in [2.24, 2.45) is 0 Å². The zero-order chi connectivity index (χ0) is 29.4. The Kier molecular flexibility index (Phi) is 12.4. The summed E-state index contributed by atoms with van der Waals surface area (Å²) in [5, 5.41) is 8.72. The van der Waals surface area contributed by atoms with E-state index in [9.17, 15) is 0 Å². The van der Waals surface area contributed by atoms with Crippen molar-refractivity contribution in [1.82, 2.24) is 0 Å². The minimum Gasteiger partial charge on any atom is -0.358 e. The Labute approximate surface area is 293 Å². The van der Waals surface area contributed by atoms with Crippen LogP contribution >= 0.6 is 0 Å². The topological polar surface area (TPSA) is 0 Å². The van der Waals surface area contributed by atoms with E-state index in [0.717, 1.165) is 0 Å². The van der Waals surface area contributed by atoms with Crippen molar-refractivity contribution in [3.05, 3.63) is 134 Å². The number of hydrogen-bond donors (Lipinski definition) is 0. The molecule has 0 saturated heterocycles. The third-order valence-corrected chi connectivity index (χ3v) is 14.6. The fourth-order valence-electron chi connectivity index (χ4n) is 7.02. The van der Waals surface area contributed by atoms with Crippen molar-refractivity contribution >= 4 is 40.0 Å². The van der Waals surface area contributed by atoms with Crippen LogP contribution in [0.25, 0.3) is 43.8 Å². The molecule has 0 spiro atoms. The average molecular weight is 773 g/mol. The summed E-state index contributed by atoms with van der Waals surface area (Å²) in [5.41, 5.74) is 10.9. The summed E-state index contributed by atoms with van der Waals surface area (Å²) in [5.74, 6) is 0. The van der Waals surface area contributed by atoms with E-state index in [4.69, 9.17) is 0 Å². The van der Waals surface area contributed by atoms with Gasteiger partial charge in [-0.25, -0.2) is 0 Å². The van der Waals surface area contributed by atoms with Gasteiger partial charge in [0.15, 0.2) is 0 Å². The number of fused-ring (bicyclic) bond motifs is 2. The van der Waals surface area contributed by atoms with Crippen LogP contribution in [-0.2, 0) is 25.8 Å². The van der Waals surface area contributed by atoms with Crippen LogP contribution in [-0.4, -0.2) is 8.07 Å². The average Bonchev–Trinajstić information content (AvgIpc) is 3.64. The molecule has 2 heteroatoms. The number of benzene rings is 4. The second kappa shape index (κ2) is 15.2. The monoisotopic (exact) mass is 774 g/mol. The van der Waals surface area contributed by atoms with Crippen molar-refractivity contribution < 1.29 is 25.8 Å². The molecule has 0 nitrogen and oxygen atoms in total. The molecule has 0 aromatic heterocycles. The Morgan fingerprint density at radius 1 is 0.556 bits per heavy atom. The molecule has 0 heterocycles. The predicted molar refractivity (Wildman–Crippen MR) is 202 cm³/mol. The van der Waals surface area contributed by atoms with Gasteiger partial charge in [-0.3, -0.25) is 0 Å². The van der Waals surface area contributed by atoms with E-state index in [2.05, 4.69) is 138 Å². The van der Waals surface area contributed by atoms with E-state index < -0.39 is 8.07 Å². The molecule has 6 aromatic carbocycles. The maximum Gasteiger partial charge on any atom is 4.00 e. The molecule has 0 N–H and O–H groups in total. The van der Waals surface area contributed by atoms with Gasteiger partial charge >= 0.3 is 25.8 Å². The maximum atomic E-state index is 2.64. The number of hydrogen-bond acceptors (Lipinski definition) is 0. The molecule has 0 saturated carbocycles. The van der Waals surface area contributed by atoms with Crippen molar-refractivity contribution in [3.63, 3.8) is 0 Å². The van der Waals surface area contributed by atoms with Crippen LogP contribution in [0.3, 0.4) is 0 Å². The summed E-state index contributed by atoms with van der Waals surface area (Å²) in [7, 11) is -2.01. The van der Waals surface area contributed by atoms with Gasteiger partial charge in [-0.05, 0) is 61.1 Å². The molecule has 0 aliphatic rings. The first-order chi connectivity index (χ1) is 20.3. The minimum absolute atomic E-state index is 0. The molecule has 0 amide bonds. The Morgan fingerprint density at radius 2 is 0.978 bits per heavy atom. The molecule has 6 rings (SSSR count). The second-order valence-electron chi connectivity index (χ2n) is 12.7. The zero-order valence-corrected chi connectivity index (χ0v) is 33.4. The van der Waals surface area contributed by atoms with Gasteiger partial charge in [-0.1, -0.05) is 105 Å². The van der Waals surface area contributed by atoms with Crippen LogP contribution < -0.4 is 10.4 Å². The van der Waals surface area contributed by atoms with Crippen LogP contribution in [0.4, 0.5) is 0 Å². The van der Waals surface area contributed by atoms with Crippen molar-refractivity contribution in [2.45, 2.75) is 72.9 Å². The zero-order valence-electron chi connectivity index (χ0n) is 28.8. The number of aryl methyl sites for hydroxylation is 2. The van der Waals surface area contributed by atoms with Crippen LogP contribution in [0.15, 0.2) is 97.1 Å². The molecule has 0 aliphatic heterocycles.